The molecule has 34 heavy (non-hydrogen) atoms. The van der Waals surface area contributed by atoms with Gasteiger partial charge in [-0.2, -0.15) is 0 Å². The van der Waals surface area contributed by atoms with E-state index < -0.39 is 0 Å². The number of carbonyl (C=O) groups excluding carboxylic acids is 1. The Bertz CT molecular complexity index is 1330. The largest absolute Gasteiger partial charge is 0.486 e. The summed E-state index contributed by atoms with van der Waals surface area (Å²) in [6.07, 6.45) is 5.24. The Labute approximate surface area is 198 Å². The number of nitrogens with zero attached hydrogens (tertiary/aromatic N) is 2. The first-order chi connectivity index (χ1) is 16.6. The first kappa shape index (κ1) is 21.6. The summed E-state index contributed by atoms with van der Waals surface area (Å²) >= 11 is 0. The number of benzene rings is 2. The van der Waals surface area contributed by atoms with E-state index in [1.165, 1.54) is 0 Å². The fourth-order valence-electron chi connectivity index (χ4n) is 4.15. The summed E-state index contributed by atoms with van der Waals surface area (Å²) in [6.45, 7) is 5.55. The SMILES string of the molecule is Cc1cc(C)cc(-c2cnc(-c3cccnc3)c(C(=O)NCc3ccc4c(c3)OCCO4)c2)c1. The number of rotatable bonds is 5. The molecule has 1 aliphatic rings. The lowest BCUT2D eigenvalue weighted by atomic mass is 9.98. The quantitative estimate of drug-likeness (QED) is 0.455. The Morgan fingerprint density at radius 3 is 2.44 bits per heavy atom. The first-order valence-corrected chi connectivity index (χ1v) is 11.2. The number of hydrogen-bond donors (Lipinski definition) is 1. The van der Waals surface area contributed by atoms with E-state index in [1.807, 2.05) is 42.6 Å². The second-order valence-corrected chi connectivity index (χ2v) is 8.40. The van der Waals surface area contributed by atoms with Crippen molar-refractivity contribution in [2.75, 3.05) is 13.2 Å². The topological polar surface area (TPSA) is 73.3 Å². The summed E-state index contributed by atoms with van der Waals surface area (Å²) in [6, 6.07) is 17.7. The molecule has 0 saturated heterocycles. The van der Waals surface area contributed by atoms with Gasteiger partial charge in [-0.15, -0.1) is 0 Å². The van der Waals surface area contributed by atoms with Crippen LogP contribution >= 0.6 is 0 Å². The minimum Gasteiger partial charge on any atom is -0.486 e. The lowest BCUT2D eigenvalue weighted by Crippen LogP contribution is -2.24. The van der Waals surface area contributed by atoms with Crippen LogP contribution in [0.1, 0.15) is 27.0 Å². The zero-order valence-corrected chi connectivity index (χ0v) is 19.2. The number of nitrogens with one attached hydrogen (secondary N) is 1. The summed E-state index contributed by atoms with van der Waals surface area (Å²) < 4.78 is 11.2. The fourth-order valence-corrected chi connectivity index (χ4v) is 4.15. The highest BCUT2D eigenvalue weighted by atomic mass is 16.6. The summed E-state index contributed by atoms with van der Waals surface area (Å²) in [5.74, 6) is 1.23. The van der Waals surface area contributed by atoms with Gasteiger partial charge in [0.25, 0.3) is 5.91 Å². The van der Waals surface area contributed by atoms with E-state index in [0.717, 1.165) is 39.1 Å². The Kier molecular flexibility index (Phi) is 5.95. The Morgan fingerprint density at radius 2 is 1.68 bits per heavy atom. The number of aryl methyl sites for hydroxylation is 2. The Hall–Kier alpha value is -4.19. The van der Waals surface area contributed by atoms with E-state index >= 15 is 0 Å². The summed E-state index contributed by atoms with van der Waals surface area (Å²) in [7, 11) is 0. The van der Waals surface area contributed by atoms with Gasteiger partial charge in [-0.25, -0.2) is 0 Å². The van der Waals surface area contributed by atoms with Gasteiger partial charge in [-0.3, -0.25) is 14.8 Å². The molecule has 4 aromatic rings. The normalized spacial score (nSPS) is 12.3. The number of pyridine rings is 2. The van der Waals surface area contributed by atoms with Gasteiger partial charge in [-0.1, -0.05) is 35.4 Å². The van der Waals surface area contributed by atoms with E-state index in [4.69, 9.17) is 9.47 Å². The molecule has 0 saturated carbocycles. The molecule has 1 amide bonds. The molecule has 0 fully saturated rings. The molecule has 0 radical (unpaired) electrons. The van der Waals surface area contributed by atoms with Crippen LogP contribution in [0.25, 0.3) is 22.4 Å². The van der Waals surface area contributed by atoms with Crippen molar-refractivity contribution in [2.45, 2.75) is 20.4 Å². The van der Waals surface area contributed by atoms with E-state index in [9.17, 15) is 4.79 Å². The third kappa shape index (κ3) is 4.62. The predicted molar refractivity (Wildman–Crippen MR) is 131 cm³/mol. The molecule has 1 aliphatic heterocycles. The van der Waals surface area contributed by atoms with Gasteiger partial charge < -0.3 is 14.8 Å². The highest BCUT2D eigenvalue weighted by Crippen LogP contribution is 2.31. The van der Waals surface area contributed by atoms with Crippen LogP contribution in [0, 0.1) is 13.8 Å². The average Bonchev–Trinajstić information content (AvgIpc) is 2.86. The molecule has 0 aliphatic carbocycles. The maximum atomic E-state index is 13.4. The molecule has 0 bridgehead atoms. The Balaban J connectivity index is 1.46. The van der Waals surface area contributed by atoms with Crippen molar-refractivity contribution >= 4 is 5.91 Å². The van der Waals surface area contributed by atoms with Crippen LogP contribution in [-0.4, -0.2) is 29.1 Å². The zero-order chi connectivity index (χ0) is 23.5. The molecule has 0 spiro atoms. The van der Waals surface area contributed by atoms with E-state index in [0.29, 0.717) is 36.8 Å². The molecule has 170 valence electrons. The fraction of sp³-hybridized carbons (Fsp3) is 0.179. The maximum Gasteiger partial charge on any atom is 0.253 e. The van der Waals surface area contributed by atoms with E-state index in [2.05, 4.69) is 47.3 Å². The molecular formula is C28H25N3O3. The Morgan fingerprint density at radius 1 is 0.882 bits per heavy atom. The second kappa shape index (κ2) is 9.35. The standard InChI is InChI=1S/C28H25N3O3/c1-18-10-19(2)12-22(11-18)23-14-24(27(30-17-23)21-4-3-7-29-16-21)28(32)31-15-20-5-6-25-26(13-20)34-9-8-33-25/h3-7,10-14,16-17H,8-9,15H2,1-2H3,(H,31,32). The van der Waals surface area contributed by atoms with Crippen LogP contribution < -0.4 is 14.8 Å². The van der Waals surface area contributed by atoms with Gasteiger partial charge in [0, 0.05) is 36.3 Å². The highest BCUT2D eigenvalue weighted by molar-refractivity contribution is 6.01. The number of carbonyl (C=O) groups is 1. The molecule has 2 aromatic carbocycles. The number of fused-ring (bicyclic) bond motifs is 1. The third-order valence-electron chi connectivity index (χ3n) is 5.68. The maximum absolute atomic E-state index is 13.4. The smallest absolute Gasteiger partial charge is 0.253 e. The van der Waals surface area contributed by atoms with Gasteiger partial charge in [0.1, 0.15) is 13.2 Å². The number of ether oxygens (including phenoxy) is 2. The van der Waals surface area contributed by atoms with Crippen molar-refractivity contribution in [3.63, 3.8) is 0 Å². The molecule has 6 heteroatoms. The number of amides is 1. The van der Waals surface area contributed by atoms with Crippen molar-refractivity contribution in [3.05, 3.63) is 95.4 Å². The van der Waals surface area contributed by atoms with Crippen LogP contribution in [0.2, 0.25) is 0 Å². The highest BCUT2D eigenvalue weighted by Gasteiger charge is 2.17. The predicted octanol–water partition coefficient (Wildman–Crippen LogP) is 5.13. The molecular weight excluding hydrogens is 426 g/mol. The molecule has 2 aromatic heterocycles. The van der Waals surface area contributed by atoms with Gasteiger partial charge in [0.15, 0.2) is 11.5 Å². The molecule has 5 rings (SSSR count). The number of hydrogen-bond acceptors (Lipinski definition) is 5. The van der Waals surface area contributed by atoms with Gasteiger partial charge >= 0.3 is 0 Å². The van der Waals surface area contributed by atoms with Crippen molar-refractivity contribution in [2.24, 2.45) is 0 Å². The molecule has 6 nitrogen and oxygen atoms in total. The van der Waals surface area contributed by atoms with E-state index in [-0.39, 0.29) is 5.91 Å². The minimum atomic E-state index is -0.201. The van der Waals surface area contributed by atoms with Crippen LogP contribution in [0.15, 0.2) is 73.2 Å². The molecule has 3 heterocycles. The zero-order valence-electron chi connectivity index (χ0n) is 19.2. The second-order valence-electron chi connectivity index (χ2n) is 8.40. The van der Waals surface area contributed by atoms with Crippen LogP contribution in [0.4, 0.5) is 0 Å². The first-order valence-electron chi connectivity index (χ1n) is 11.2. The van der Waals surface area contributed by atoms with Crippen LogP contribution in [0.3, 0.4) is 0 Å². The van der Waals surface area contributed by atoms with Gasteiger partial charge in [0.05, 0.1) is 11.3 Å². The molecule has 0 unspecified atom stereocenters. The summed E-state index contributed by atoms with van der Waals surface area (Å²) in [5, 5.41) is 3.04. The lowest BCUT2D eigenvalue weighted by molar-refractivity contribution is 0.0951. The average molecular weight is 452 g/mol. The van der Waals surface area contributed by atoms with Crippen molar-refractivity contribution in [1.29, 1.82) is 0 Å². The van der Waals surface area contributed by atoms with Crippen LogP contribution in [0.5, 0.6) is 11.5 Å². The summed E-state index contributed by atoms with van der Waals surface area (Å²) in [4.78, 5) is 22.3. The number of aromatic nitrogens is 2. The molecule has 0 atom stereocenters. The third-order valence-corrected chi connectivity index (χ3v) is 5.68. The minimum absolute atomic E-state index is 0.201. The summed E-state index contributed by atoms with van der Waals surface area (Å²) in [5.41, 5.74) is 7.07. The lowest BCUT2D eigenvalue weighted by Gasteiger charge is -2.19. The van der Waals surface area contributed by atoms with Crippen molar-refractivity contribution < 1.29 is 14.3 Å². The van der Waals surface area contributed by atoms with Crippen molar-refractivity contribution in [1.82, 2.24) is 15.3 Å². The molecule has 1 N–H and O–H groups in total. The van der Waals surface area contributed by atoms with Crippen molar-refractivity contribution in [3.8, 4) is 33.9 Å². The van der Waals surface area contributed by atoms with E-state index in [1.54, 1.807) is 12.4 Å². The van der Waals surface area contributed by atoms with Gasteiger partial charge in [0.2, 0.25) is 0 Å². The van der Waals surface area contributed by atoms with Crippen LogP contribution in [-0.2, 0) is 6.54 Å². The monoisotopic (exact) mass is 451 g/mol. The van der Waals surface area contributed by atoms with Gasteiger partial charge in [-0.05, 0) is 55.3 Å².